The number of amides is 1. The van der Waals surface area contributed by atoms with E-state index in [4.69, 9.17) is 4.74 Å². The van der Waals surface area contributed by atoms with Crippen LogP contribution in [0, 0.1) is 5.92 Å². The number of carbonyl (C=O) groups is 1. The molecule has 5 nitrogen and oxygen atoms in total. The van der Waals surface area contributed by atoms with E-state index >= 15 is 0 Å². The van der Waals surface area contributed by atoms with Crippen molar-refractivity contribution in [2.75, 3.05) is 40.3 Å². The number of ether oxygens (including phenoxy) is 1. The van der Waals surface area contributed by atoms with Crippen molar-refractivity contribution < 1.29 is 9.53 Å². The molecule has 2 rings (SSSR count). The van der Waals surface area contributed by atoms with Crippen LogP contribution in [0.15, 0.2) is 24.3 Å². The lowest BCUT2D eigenvalue weighted by atomic mass is 10.00. The molecule has 21 heavy (non-hydrogen) atoms. The molecule has 1 heterocycles. The highest BCUT2D eigenvalue weighted by Gasteiger charge is 2.31. The fraction of sp³-hybridized carbons (Fsp3) is 0.562. The molecule has 0 aromatic heterocycles. The molecule has 5 heteroatoms. The standard InChI is InChI=1S/C16H25N3O2/c1-12(10-17-2)16(20)19-9-8-18-11-14(19)13-6-4-5-7-15(13)21-3/h4-7,12,14,17-18H,8-11H2,1-3H3. The average molecular weight is 291 g/mol. The summed E-state index contributed by atoms with van der Waals surface area (Å²) in [4.78, 5) is 14.7. The van der Waals surface area contributed by atoms with E-state index < -0.39 is 0 Å². The van der Waals surface area contributed by atoms with Gasteiger partial charge in [-0.2, -0.15) is 0 Å². The van der Waals surface area contributed by atoms with Crippen molar-refractivity contribution in [3.8, 4) is 5.75 Å². The van der Waals surface area contributed by atoms with E-state index in [1.807, 2.05) is 43.1 Å². The summed E-state index contributed by atoms with van der Waals surface area (Å²) in [5, 5.41) is 6.45. The Hall–Kier alpha value is -1.59. The van der Waals surface area contributed by atoms with Crippen molar-refractivity contribution in [2.24, 2.45) is 5.92 Å². The fourth-order valence-corrected chi connectivity index (χ4v) is 2.86. The molecule has 2 N–H and O–H groups in total. The maximum absolute atomic E-state index is 12.7. The highest BCUT2D eigenvalue weighted by atomic mass is 16.5. The van der Waals surface area contributed by atoms with Gasteiger partial charge in [-0.05, 0) is 13.1 Å². The number of carbonyl (C=O) groups excluding carboxylic acids is 1. The number of piperazine rings is 1. The van der Waals surface area contributed by atoms with Gasteiger partial charge in [0.2, 0.25) is 5.91 Å². The van der Waals surface area contributed by atoms with Gasteiger partial charge in [0.1, 0.15) is 5.75 Å². The number of para-hydroxylation sites is 1. The lowest BCUT2D eigenvalue weighted by molar-refractivity contribution is -0.138. The van der Waals surface area contributed by atoms with Crippen molar-refractivity contribution in [3.05, 3.63) is 29.8 Å². The zero-order valence-corrected chi connectivity index (χ0v) is 13.1. The van der Waals surface area contributed by atoms with Gasteiger partial charge < -0.3 is 20.3 Å². The average Bonchev–Trinajstić information content (AvgIpc) is 2.54. The quantitative estimate of drug-likeness (QED) is 0.850. The van der Waals surface area contributed by atoms with Crippen molar-refractivity contribution >= 4 is 5.91 Å². The van der Waals surface area contributed by atoms with Crippen LogP contribution in [0.4, 0.5) is 0 Å². The van der Waals surface area contributed by atoms with E-state index in [0.29, 0.717) is 6.54 Å². The summed E-state index contributed by atoms with van der Waals surface area (Å²) in [5.41, 5.74) is 1.07. The molecule has 0 saturated carbocycles. The third-order valence-electron chi connectivity index (χ3n) is 3.96. The van der Waals surface area contributed by atoms with Gasteiger partial charge in [-0.15, -0.1) is 0 Å². The minimum Gasteiger partial charge on any atom is -0.496 e. The number of nitrogens with zero attached hydrogens (tertiary/aromatic N) is 1. The van der Waals surface area contributed by atoms with Gasteiger partial charge in [-0.3, -0.25) is 4.79 Å². The van der Waals surface area contributed by atoms with Crippen LogP contribution in [0.2, 0.25) is 0 Å². The molecule has 1 aromatic rings. The number of benzene rings is 1. The van der Waals surface area contributed by atoms with Crippen LogP contribution in [-0.4, -0.2) is 51.1 Å². The lowest BCUT2D eigenvalue weighted by Crippen LogP contribution is -2.51. The van der Waals surface area contributed by atoms with Crippen molar-refractivity contribution in [3.63, 3.8) is 0 Å². The van der Waals surface area contributed by atoms with Crippen molar-refractivity contribution in [2.45, 2.75) is 13.0 Å². The molecule has 0 radical (unpaired) electrons. The molecule has 0 aliphatic carbocycles. The molecule has 1 saturated heterocycles. The zero-order chi connectivity index (χ0) is 15.2. The molecule has 1 aliphatic rings. The van der Waals surface area contributed by atoms with Crippen LogP contribution in [0.25, 0.3) is 0 Å². The summed E-state index contributed by atoms with van der Waals surface area (Å²) in [5.74, 6) is 1.01. The minimum atomic E-state index is -0.0229. The normalized spacial score (nSPS) is 20.1. The largest absolute Gasteiger partial charge is 0.496 e. The number of nitrogens with one attached hydrogen (secondary N) is 2. The molecule has 2 unspecified atom stereocenters. The van der Waals surface area contributed by atoms with Gasteiger partial charge in [0.15, 0.2) is 0 Å². The lowest BCUT2D eigenvalue weighted by Gasteiger charge is -2.38. The maximum atomic E-state index is 12.7. The zero-order valence-electron chi connectivity index (χ0n) is 13.1. The second-order valence-corrected chi connectivity index (χ2v) is 5.45. The molecule has 2 atom stereocenters. The summed E-state index contributed by atoms with van der Waals surface area (Å²) in [7, 11) is 3.55. The highest BCUT2D eigenvalue weighted by molar-refractivity contribution is 5.79. The van der Waals surface area contributed by atoms with Crippen molar-refractivity contribution in [1.29, 1.82) is 0 Å². The summed E-state index contributed by atoms with van der Waals surface area (Å²) >= 11 is 0. The molecule has 0 bridgehead atoms. The monoisotopic (exact) mass is 291 g/mol. The van der Waals surface area contributed by atoms with Crippen LogP contribution in [-0.2, 0) is 4.79 Å². The Balaban J connectivity index is 2.24. The molecule has 0 spiro atoms. The van der Waals surface area contributed by atoms with E-state index in [0.717, 1.165) is 30.9 Å². The molecule has 1 amide bonds. The van der Waals surface area contributed by atoms with Gasteiger partial charge in [0.05, 0.1) is 13.2 Å². The Morgan fingerprint density at radius 1 is 1.52 bits per heavy atom. The Labute approximate surface area is 126 Å². The predicted octanol–water partition coefficient (Wildman–Crippen LogP) is 1.02. The van der Waals surface area contributed by atoms with Crippen LogP contribution in [0.5, 0.6) is 5.75 Å². The molecule has 116 valence electrons. The van der Waals surface area contributed by atoms with Crippen LogP contribution in [0.3, 0.4) is 0 Å². The number of methoxy groups -OCH3 is 1. The van der Waals surface area contributed by atoms with E-state index in [1.165, 1.54) is 0 Å². The second kappa shape index (κ2) is 7.43. The van der Waals surface area contributed by atoms with Gasteiger partial charge in [-0.25, -0.2) is 0 Å². The fourth-order valence-electron chi connectivity index (χ4n) is 2.86. The van der Waals surface area contributed by atoms with E-state index in [1.54, 1.807) is 7.11 Å². The molecule has 1 aliphatic heterocycles. The summed E-state index contributed by atoms with van der Waals surface area (Å²) in [6.45, 7) is 5.00. The highest BCUT2D eigenvalue weighted by Crippen LogP contribution is 2.30. The Morgan fingerprint density at radius 2 is 2.29 bits per heavy atom. The minimum absolute atomic E-state index is 0.0229. The topological polar surface area (TPSA) is 53.6 Å². The van der Waals surface area contributed by atoms with Crippen LogP contribution < -0.4 is 15.4 Å². The van der Waals surface area contributed by atoms with Gasteiger partial charge in [0.25, 0.3) is 0 Å². The first-order valence-corrected chi connectivity index (χ1v) is 7.47. The summed E-state index contributed by atoms with van der Waals surface area (Å²) < 4.78 is 5.46. The Morgan fingerprint density at radius 3 is 3.00 bits per heavy atom. The number of hydrogen-bond acceptors (Lipinski definition) is 4. The van der Waals surface area contributed by atoms with E-state index in [2.05, 4.69) is 10.6 Å². The summed E-state index contributed by atoms with van der Waals surface area (Å²) in [6, 6.07) is 7.96. The molecule has 1 fully saturated rings. The second-order valence-electron chi connectivity index (χ2n) is 5.45. The van der Waals surface area contributed by atoms with Crippen LogP contribution in [0.1, 0.15) is 18.5 Å². The van der Waals surface area contributed by atoms with Gasteiger partial charge in [0, 0.05) is 37.7 Å². The molecule has 1 aromatic carbocycles. The molecular formula is C16H25N3O2. The predicted molar refractivity (Wildman–Crippen MR) is 83.4 cm³/mol. The Bertz CT molecular complexity index is 478. The van der Waals surface area contributed by atoms with Gasteiger partial charge >= 0.3 is 0 Å². The number of rotatable bonds is 5. The van der Waals surface area contributed by atoms with Crippen molar-refractivity contribution in [1.82, 2.24) is 15.5 Å². The third kappa shape index (κ3) is 3.54. The van der Waals surface area contributed by atoms with Crippen LogP contribution >= 0.6 is 0 Å². The third-order valence-corrected chi connectivity index (χ3v) is 3.96. The Kier molecular flexibility index (Phi) is 5.59. The smallest absolute Gasteiger partial charge is 0.227 e. The first-order valence-electron chi connectivity index (χ1n) is 7.47. The van der Waals surface area contributed by atoms with E-state index in [-0.39, 0.29) is 17.9 Å². The summed E-state index contributed by atoms with van der Waals surface area (Å²) in [6.07, 6.45) is 0. The first kappa shape index (κ1) is 15.8. The van der Waals surface area contributed by atoms with E-state index in [9.17, 15) is 4.79 Å². The van der Waals surface area contributed by atoms with Gasteiger partial charge in [-0.1, -0.05) is 25.1 Å². The first-order chi connectivity index (χ1) is 10.2. The SMILES string of the molecule is CNCC(C)C(=O)N1CCNCC1c1ccccc1OC. The number of hydrogen-bond donors (Lipinski definition) is 2. The molecular weight excluding hydrogens is 266 g/mol. The maximum Gasteiger partial charge on any atom is 0.227 e.